The molecule has 4 heteroatoms. The number of aliphatic hydroxyl groups is 1. The molecule has 0 bridgehead atoms. The summed E-state index contributed by atoms with van der Waals surface area (Å²) in [5, 5.41) is 17.5. The number of rotatable bonds is 4. The number of aliphatic hydroxyl groups excluding tert-OH is 1. The Morgan fingerprint density at radius 1 is 1.59 bits per heavy atom. The van der Waals surface area contributed by atoms with Crippen molar-refractivity contribution in [2.75, 3.05) is 0 Å². The molecule has 1 aliphatic carbocycles. The molecule has 2 rings (SSSR count). The highest BCUT2D eigenvalue weighted by Crippen LogP contribution is 2.40. The van der Waals surface area contributed by atoms with E-state index in [1.165, 1.54) is 5.56 Å². The lowest BCUT2D eigenvalue weighted by Gasteiger charge is -2.49. The molecule has 2 N–H and O–H groups in total. The van der Waals surface area contributed by atoms with Crippen LogP contribution in [0.25, 0.3) is 0 Å². The third-order valence-corrected chi connectivity index (χ3v) is 3.95. The molecule has 1 heterocycles. The summed E-state index contributed by atoms with van der Waals surface area (Å²) in [6, 6.07) is 0.811. The second kappa shape index (κ2) is 4.42. The molecular weight excluding hydrogens is 214 g/mol. The van der Waals surface area contributed by atoms with Gasteiger partial charge in [0, 0.05) is 35.8 Å². The van der Waals surface area contributed by atoms with Crippen LogP contribution in [0.3, 0.4) is 0 Å². The zero-order valence-electron chi connectivity index (χ0n) is 11.1. The Bertz CT molecular complexity index is 384. The SMILES string of the molecule is CC(C)n1cc(CNC2CC(O)C2(C)C)cn1. The van der Waals surface area contributed by atoms with Crippen LogP contribution in [0.15, 0.2) is 12.4 Å². The Hall–Kier alpha value is -0.870. The molecule has 0 aromatic carbocycles. The molecule has 0 amide bonds. The van der Waals surface area contributed by atoms with Gasteiger partial charge in [-0.1, -0.05) is 13.8 Å². The highest BCUT2D eigenvalue weighted by atomic mass is 16.3. The first-order chi connectivity index (χ1) is 7.91. The maximum absolute atomic E-state index is 9.66. The van der Waals surface area contributed by atoms with E-state index in [4.69, 9.17) is 0 Å². The Balaban J connectivity index is 1.86. The highest BCUT2D eigenvalue weighted by Gasteiger charge is 2.46. The van der Waals surface area contributed by atoms with Crippen molar-refractivity contribution in [3.05, 3.63) is 18.0 Å². The molecule has 96 valence electrons. The van der Waals surface area contributed by atoms with Crippen molar-refractivity contribution < 1.29 is 5.11 Å². The molecule has 17 heavy (non-hydrogen) atoms. The Kier molecular flexibility index (Phi) is 3.27. The predicted octanol–water partition coefficient (Wildman–Crippen LogP) is 1.71. The van der Waals surface area contributed by atoms with Gasteiger partial charge in [0.1, 0.15) is 0 Å². The van der Waals surface area contributed by atoms with E-state index in [9.17, 15) is 5.11 Å². The zero-order chi connectivity index (χ0) is 12.6. The second-order valence-corrected chi connectivity index (χ2v) is 5.93. The Labute approximate surface area is 103 Å². The van der Waals surface area contributed by atoms with Crippen LogP contribution >= 0.6 is 0 Å². The number of hydrogen-bond donors (Lipinski definition) is 2. The molecule has 0 radical (unpaired) electrons. The van der Waals surface area contributed by atoms with Crippen LogP contribution in [0, 0.1) is 5.41 Å². The summed E-state index contributed by atoms with van der Waals surface area (Å²) in [7, 11) is 0. The average Bonchev–Trinajstić information content (AvgIpc) is 2.72. The molecule has 2 unspecified atom stereocenters. The fourth-order valence-electron chi connectivity index (χ4n) is 2.24. The number of nitrogens with zero attached hydrogens (tertiary/aromatic N) is 2. The lowest BCUT2D eigenvalue weighted by Crippen LogP contribution is -2.59. The topological polar surface area (TPSA) is 50.1 Å². The van der Waals surface area contributed by atoms with Gasteiger partial charge >= 0.3 is 0 Å². The molecule has 1 fully saturated rings. The fraction of sp³-hybridized carbons (Fsp3) is 0.769. The van der Waals surface area contributed by atoms with Crippen LogP contribution < -0.4 is 5.32 Å². The first-order valence-electron chi connectivity index (χ1n) is 6.35. The fourth-order valence-corrected chi connectivity index (χ4v) is 2.24. The van der Waals surface area contributed by atoms with Gasteiger partial charge in [-0.2, -0.15) is 5.10 Å². The predicted molar refractivity (Wildman–Crippen MR) is 67.6 cm³/mol. The van der Waals surface area contributed by atoms with E-state index in [0.29, 0.717) is 12.1 Å². The molecule has 0 saturated heterocycles. The van der Waals surface area contributed by atoms with Crippen molar-refractivity contribution in [1.82, 2.24) is 15.1 Å². The normalized spacial score (nSPS) is 27.2. The van der Waals surface area contributed by atoms with E-state index < -0.39 is 0 Å². The third-order valence-electron chi connectivity index (χ3n) is 3.95. The lowest BCUT2D eigenvalue weighted by atomic mass is 9.64. The van der Waals surface area contributed by atoms with Gasteiger partial charge in [-0.05, 0) is 20.3 Å². The summed E-state index contributed by atoms with van der Waals surface area (Å²) in [4.78, 5) is 0. The summed E-state index contributed by atoms with van der Waals surface area (Å²) >= 11 is 0. The monoisotopic (exact) mass is 237 g/mol. The molecule has 0 aliphatic heterocycles. The minimum atomic E-state index is -0.168. The molecule has 1 saturated carbocycles. The molecule has 1 aromatic heterocycles. The first-order valence-corrected chi connectivity index (χ1v) is 6.35. The van der Waals surface area contributed by atoms with Crippen molar-refractivity contribution in [1.29, 1.82) is 0 Å². The van der Waals surface area contributed by atoms with Crippen LogP contribution in [-0.2, 0) is 6.54 Å². The van der Waals surface area contributed by atoms with Gasteiger partial charge in [0.05, 0.1) is 12.3 Å². The second-order valence-electron chi connectivity index (χ2n) is 5.93. The van der Waals surface area contributed by atoms with Crippen LogP contribution in [-0.4, -0.2) is 27.0 Å². The molecule has 1 aliphatic rings. The Morgan fingerprint density at radius 3 is 2.76 bits per heavy atom. The van der Waals surface area contributed by atoms with Crippen molar-refractivity contribution in [3.8, 4) is 0 Å². The number of hydrogen-bond acceptors (Lipinski definition) is 3. The molecule has 1 aromatic rings. The summed E-state index contributed by atoms with van der Waals surface area (Å²) in [6.45, 7) is 9.28. The summed E-state index contributed by atoms with van der Waals surface area (Å²) in [6.07, 6.45) is 4.68. The van der Waals surface area contributed by atoms with Gasteiger partial charge in [0.15, 0.2) is 0 Å². The molecule has 2 atom stereocenters. The van der Waals surface area contributed by atoms with Gasteiger partial charge in [-0.25, -0.2) is 0 Å². The quantitative estimate of drug-likeness (QED) is 0.838. The Morgan fingerprint density at radius 2 is 2.29 bits per heavy atom. The molecular formula is C13H23N3O. The molecule has 4 nitrogen and oxygen atoms in total. The van der Waals surface area contributed by atoms with Crippen LogP contribution in [0.2, 0.25) is 0 Å². The van der Waals surface area contributed by atoms with Crippen LogP contribution in [0.5, 0.6) is 0 Å². The van der Waals surface area contributed by atoms with Crippen molar-refractivity contribution in [2.24, 2.45) is 5.41 Å². The summed E-state index contributed by atoms with van der Waals surface area (Å²) in [5.74, 6) is 0. The van der Waals surface area contributed by atoms with Gasteiger partial charge in [-0.15, -0.1) is 0 Å². The third kappa shape index (κ3) is 2.38. The zero-order valence-corrected chi connectivity index (χ0v) is 11.1. The lowest BCUT2D eigenvalue weighted by molar-refractivity contribution is -0.0729. The van der Waals surface area contributed by atoms with Crippen LogP contribution in [0.4, 0.5) is 0 Å². The minimum absolute atomic E-state index is 0.00591. The minimum Gasteiger partial charge on any atom is -0.392 e. The number of aromatic nitrogens is 2. The summed E-state index contributed by atoms with van der Waals surface area (Å²) < 4.78 is 1.97. The van der Waals surface area contributed by atoms with Gasteiger partial charge in [-0.3, -0.25) is 4.68 Å². The standard InChI is InChI=1S/C13H23N3O/c1-9(2)16-8-10(7-15-16)6-14-11-5-12(17)13(11,3)4/h7-9,11-12,14,17H,5-6H2,1-4H3. The van der Waals surface area contributed by atoms with E-state index in [0.717, 1.165) is 13.0 Å². The van der Waals surface area contributed by atoms with E-state index in [1.54, 1.807) is 0 Å². The van der Waals surface area contributed by atoms with E-state index in [1.807, 2.05) is 10.9 Å². The maximum atomic E-state index is 9.66. The van der Waals surface area contributed by atoms with Crippen molar-refractivity contribution in [3.63, 3.8) is 0 Å². The molecule has 0 spiro atoms. The van der Waals surface area contributed by atoms with Gasteiger partial charge < -0.3 is 10.4 Å². The number of nitrogens with one attached hydrogen (secondary N) is 1. The summed E-state index contributed by atoms with van der Waals surface area (Å²) in [5.41, 5.74) is 1.20. The van der Waals surface area contributed by atoms with E-state index in [2.05, 4.69) is 44.3 Å². The van der Waals surface area contributed by atoms with Gasteiger partial charge in [0.2, 0.25) is 0 Å². The maximum Gasteiger partial charge on any atom is 0.0621 e. The van der Waals surface area contributed by atoms with Crippen molar-refractivity contribution in [2.45, 2.75) is 58.8 Å². The van der Waals surface area contributed by atoms with Crippen LogP contribution in [0.1, 0.15) is 45.7 Å². The largest absolute Gasteiger partial charge is 0.392 e. The van der Waals surface area contributed by atoms with Gasteiger partial charge in [0.25, 0.3) is 0 Å². The van der Waals surface area contributed by atoms with E-state index >= 15 is 0 Å². The average molecular weight is 237 g/mol. The van der Waals surface area contributed by atoms with E-state index in [-0.39, 0.29) is 11.5 Å². The first kappa shape index (κ1) is 12.6. The smallest absolute Gasteiger partial charge is 0.0621 e. The van der Waals surface area contributed by atoms with Crippen molar-refractivity contribution >= 4 is 0 Å². The highest BCUT2D eigenvalue weighted by molar-refractivity contribution is 5.07.